The zero-order valence-electron chi connectivity index (χ0n) is 12.8. The Hall–Kier alpha value is -0.950. The maximum absolute atomic E-state index is 12.2. The van der Waals surface area contributed by atoms with E-state index in [1.165, 1.54) is 4.88 Å². The molecule has 2 heterocycles. The summed E-state index contributed by atoms with van der Waals surface area (Å²) in [7, 11) is 1.85. The Balaban J connectivity index is 2.07. The molecule has 1 aliphatic heterocycles. The summed E-state index contributed by atoms with van der Waals surface area (Å²) in [6, 6.07) is 4.03. The zero-order valence-corrected chi connectivity index (χ0v) is 13.6. The van der Waals surface area contributed by atoms with Gasteiger partial charge < -0.3 is 15.4 Å². The number of nitrogens with zero attached hydrogens (tertiary/aromatic N) is 2. The first-order valence-electron chi connectivity index (χ1n) is 7.49. The van der Waals surface area contributed by atoms with Gasteiger partial charge in [-0.05, 0) is 17.9 Å². The second-order valence-electron chi connectivity index (χ2n) is 5.41. The maximum Gasteiger partial charge on any atom is 0.239 e. The number of hydrogen-bond donors (Lipinski definition) is 1. The number of carbonyl (C=O) groups is 1. The predicted octanol–water partition coefficient (Wildman–Crippen LogP) is 1.32. The molecule has 1 fully saturated rings. The highest BCUT2D eigenvalue weighted by Gasteiger charge is 2.27. The molecule has 0 aromatic carbocycles. The number of likely N-dealkylation sites (N-methyl/N-ethyl adjacent to an activating group) is 1. The highest BCUT2D eigenvalue weighted by molar-refractivity contribution is 7.10. The maximum atomic E-state index is 12.2. The van der Waals surface area contributed by atoms with Crippen LogP contribution < -0.4 is 5.73 Å². The molecule has 118 valence electrons. The minimum atomic E-state index is -0.399. The van der Waals surface area contributed by atoms with E-state index in [9.17, 15) is 4.79 Å². The highest BCUT2D eigenvalue weighted by Crippen LogP contribution is 2.26. The molecule has 0 radical (unpaired) electrons. The van der Waals surface area contributed by atoms with Crippen LogP contribution in [0.1, 0.15) is 24.3 Å². The molecule has 1 saturated heterocycles. The van der Waals surface area contributed by atoms with Crippen LogP contribution in [0.2, 0.25) is 0 Å². The monoisotopic (exact) mass is 311 g/mol. The summed E-state index contributed by atoms with van der Waals surface area (Å²) in [5.41, 5.74) is 5.87. The van der Waals surface area contributed by atoms with Crippen LogP contribution in [0.5, 0.6) is 0 Å². The fraction of sp³-hybridized carbons (Fsp3) is 0.667. The molecule has 1 aliphatic rings. The van der Waals surface area contributed by atoms with Crippen LogP contribution in [-0.2, 0) is 9.53 Å². The van der Waals surface area contributed by atoms with E-state index in [4.69, 9.17) is 10.5 Å². The summed E-state index contributed by atoms with van der Waals surface area (Å²) in [6.45, 7) is 5.94. The molecule has 21 heavy (non-hydrogen) atoms. The second-order valence-corrected chi connectivity index (χ2v) is 6.39. The lowest BCUT2D eigenvalue weighted by Crippen LogP contribution is -2.47. The Morgan fingerprint density at radius 3 is 2.81 bits per heavy atom. The molecule has 2 N–H and O–H groups in total. The number of rotatable bonds is 6. The van der Waals surface area contributed by atoms with Gasteiger partial charge >= 0.3 is 0 Å². The van der Waals surface area contributed by atoms with Gasteiger partial charge in [0.25, 0.3) is 0 Å². The lowest BCUT2D eigenvalue weighted by molar-refractivity contribution is -0.132. The molecule has 0 spiro atoms. The summed E-state index contributed by atoms with van der Waals surface area (Å²) in [5.74, 6) is 0.0207. The first-order chi connectivity index (χ1) is 10.1. The first kappa shape index (κ1) is 16.4. The Labute approximate surface area is 130 Å². The molecule has 0 saturated carbocycles. The minimum absolute atomic E-state index is 0.0207. The molecule has 0 aliphatic carbocycles. The highest BCUT2D eigenvalue weighted by atomic mass is 32.1. The zero-order chi connectivity index (χ0) is 15.2. The number of thiophene rings is 1. The lowest BCUT2D eigenvalue weighted by Gasteiger charge is -2.36. The topological polar surface area (TPSA) is 58.8 Å². The third kappa shape index (κ3) is 4.26. The van der Waals surface area contributed by atoms with Gasteiger partial charge in [-0.3, -0.25) is 9.69 Å². The molecular weight excluding hydrogens is 286 g/mol. The Morgan fingerprint density at radius 1 is 1.52 bits per heavy atom. The number of hydrogen-bond acceptors (Lipinski definition) is 5. The van der Waals surface area contributed by atoms with Crippen molar-refractivity contribution in [3.63, 3.8) is 0 Å². The Morgan fingerprint density at radius 2 is 2.24 bits per heavy atom. The quantitative estimate of drug-likeness (QED) is 0.861. The summed E-state index contributed by atoms with van der Waals surface area (Å²) in [5, 5.41) is 2.09. The minimum Gasteiger partial charge on any atom is -0.379 e. The van der Waals surface area contributed by atoms with Gasteiger partial charge in [0.05, 0.1) is 25.3 Å². The Bertz CT molecular complexity index is 432. The van der Waals surface area contributed by atoms with Gasteiger partial charge in [0.1, 0.15) is 0 Å². The van der Waals surface area contributed by atoms with Crippen molar-refractivity contribution >= 4 is 17.2 Å². The van der Waals surface area contributed by atoms with Gasteiger partial charge in [-0.2, -0.15) is 0 Å². The SMILES string of the molecule is CC[C@H](N)C(=O)N(C)CC(c1cccs1)N1CCOCC1. The van der Waals surface area contributed by atoms with Crippen LogP contribution in [0.15, 0.2) is 17.5 Å². The van der Waals surface area contributed by atoms with Crippen molar-refractivity contribution in [1.29, 1.82) is 0 Å². The average Bonchev–Trinajstić information content (AvgIpc) is 3.05. The van der Waals surface area contributed by atoms with E-state index >= 15 is 0 Å². The van der Waals surface area contributed by atoms with Gasteiger partial charge in [-0.25, -0.2) is 0 Å². The van der Waals surface area contributed by atoms with Crippen LogP contribution in [-0.4, -0.2) is 61.6 Å². The van der Waals surface area contributed by atoms with Crippen molar-refractivity contribution in [3.05, 3.63) is 22.4 Å². The van der Waals surface area contributed by atoms with Gasteiger partial charge in [-0.15, -0.1) is 11.3 Å². The van der Waals surface area contributed by atoms with E-state index in [0.717, 1.165) is 26.3 Å². The van der Waals surface area contributed by atoms with Gasteiger partial charge in [-0.1, -0.05) is 13.0 Å². The van der Waals surface area contributed by atoms with E-state index in [1.807, 2.05) is 14.0 Å². The smallest absolute Gasteiger partial charge is 0.239 e. The fourth-order valence-corrected chi connectivity index (χ4v) is 3.41. The molecule has 5 nitrogen and oxygen atoms in total. The molecule has 1 amide bonds. The van der Waals surface area contributed by atoms with E-state index in [1.54, 1.807) is 16.2 Å². The van der Waals surface area contributed by atoms with Gasteiger partial charge in [0, 0.05) is 31.6 Å². The van der Waals surface area contributed by atoms with Crippen LogP contribution in [0.4, 0.5) is 0 Å². The predicted molar refractivity (Wildman–Crippen MR) is 85.4 cm³/mol. The third-order valence-electron chi connectivity index (χ3n) is 3.94. The van der Waals surface area contributed by atoms with Crippen molar-refractivity contribution in [2.45, 2.75) is 25.4 Å². The second kappa shape index (κ2) is 7.89. The van der Waals surface area contributed by atoms with Crippen molar-refractivity contribution in [2.24, 2.45) is 5.73 Å². The normalized spacial score (nSPS) is 19.2. The average molecular weight is 311 g/mol. The number of amides is 1. The van der Waals surface area contributed by atoms with Crippen LogP contribution in [0.25, 0.3) is 0 Å². The lowest BCUT2D eigenvalue weighted by atomic mass is 10.1. The molecular formula is C15H25N3O2S. The summed E-state index contributed by atoms with van der Waals surface area (Å²) in [4.78, 5) is 17.7. The fourth-order valence-electron chi connectivity index (χ4n) is 2.56. The van der Waals surface area contributed by atoms with Crippen LogP contribution in [0.3, 0.4) is 0 Å². The molecule has 1 aromatic rings. The summed E-state index contributed by atoms with van der Waals surface area (Å²) in [6.07, 6.45) is 0.671. The number of carbonyl (C=O) groups excluding carboxylic acids is 1. The van der Waals surface area contributed by atoms with Crippen molar-refractivity contribution < 1.29 is 9.53 Å². The summed E-state index contributed by atoms with van der Waals surface area (Å²) < 4.78 is 5.44. The molecule has 2 rings (SSSR count). The molecule has 6 heteroatoms. The molecule has 0 bridgehead atoms. The largest absolute Gasteiger partial charge is 0.379 e. The van der Waals surface area contributed by atoms with Crippen molar-refractivity contribution in [2.75, 3.05) is 39.9 Å². The van der Waals surface area contributed by atoms with E-state index in [0.29, 0.717) is 13.0 Å². The van der Waals surface area contributed by atoms with E-state index in [2.05, 4.69) is 22.4 Å². The van der Waals surface area contributed by atoms with Gasteiger partial charge in [0.15, 0.2) is 0 Å². The van der Waals surface area contributed by atoms with Crippen molar-refractivity contribution in [1.82, 2.24) is 9.80 Å². The molecule has 2 atom stereocenters. The summed E-state index contributed by atoms with van der Waals surface area (Å²) >= 11 is 1.74. The number of ether oxygens (including phenoxy) is 1. The number of nitrogens with two attached hydrogens (primary N) is 1. The standard InChI is InChI=1S/C15H25N3O2S/c1-3-12(16)15(19)17(2)11-13(14-5-4-10-21-14)18-6-8-20-9-7-18/h4-5,10,12-13H,3,6-9,11,16H2,1-2H3/t12-,13?/m0/s1. The first-order valence-corrected chi connectivity index (χ1v) is 8.37. The van der Waals surface area contributed by atoms with Gasteiger partial charge in [0.2, 0.25) is 5.91 Å². The molecule has 1 aromatic heterocycles. The molecule has 1 unspecified atom stereocenters. The van der Waals surface area contributed by atoms with Crippen molar-refractivity contribution in [3.8, 4) is 0 Å². The Kier molecular flexibility index (Phi) is 6.17. The van der Waals surface area contributed by atoms with Crippen LogP contribution in [0, 0.1) is 0 Å². The van der Waals surface area contributed by atoms with E-state index in [-0.39, 0.29) is 11.9 Å². The van der Waals surface area contributed by atoms with E-state index < -0.39 is 6.04 Å². The van der Waals surface area contributed by atoms with Crippen LogP contribution >= 0.6 is 11.3 Å². The number of morpholine rings is 1. The third-order valence-corrected chi connectivity index (χ3v) is 4.91.